The maximum atomic E-state index is 11.6. The van der Waals surface area contributed by atoms with E-state index in [9.17, 15) is 4.79 Å². The highest BCUT2D eigenvalue weighted by atomic mass is 16.5. The minimum absolute atomic E-state index is 0.0173. The predicted molar refractivity (Wildman–Crippen MR) is 72.9 cm³/mol. The molecule has 18 heavy (non-hydrogen) atoms. The number of methoxy groups -OCH3 is 1. The average molecular weight is 247 g/mol. The van der Waals surface area contributed by atoms with Crippen molar-refractivity contribution in [2.75, 3.05) is 25.1 Å². The maximum absolute atomic E-state index is 11.6. The van der Waals surface area contributed by atoms with Gasteiger partial charge in [-0.3, -0.25) is 4.79 Å². The number of anilines is 1. The Hall–Kier alpha value is -1.51. The first-order chi connectivity index (χ1) is 8.61. The topological polar surface area (TPSA) is 29.5 Å². The molecule has 98 valence electrons. The van der Waals surface area contributed by atoms with Crippen molar-refractivity contribution in [1.29, 1.82) is 0 Å². The van der Waals surface area contributed by atoms with E-state index in [2.05, 4.69) is 36.9 Å². The smallest absolute Gasteiger partial charge is 0.310 e. The van der Waals surface area contributed by atoms with E-state index in [1.54, 1.807) is 0 Å². The zero-order valence-electron chi connectivity index (χ0n) is 11.4. The second kappa shape index (κ2) is 5.42. The van der Waals surface area contributed by atoms with Crippen molar-refractivity contribution in [3.63, 3.8) is 0 Å². The van der Waals surface area contributed by atoms with Gasteiger partial charge in [-0.25, -0.2) is 0 Å². The lowest BCUT2D eigenvalue weighted by atomic mass is 9.96. The van der Waals surface area contributed by atoms with Crippen LogP contribution in [-0.4, -0.2) is 26.2 Å². The predicted octanol–water partition coefficient (Wildman–Crippen LogP) is 2.69. The van der Waals surface area contributed by atoms with Crippen LogP contribution in [0.15, 0.2) is 18.2 Å². The third kappa shape index (κ3) is 2.66. The zero-order chi connectivity index (χ0) is 13.1. The third-order valence-electron chi connectivity index (χ3n) is 3.66. The number of ether oxygens (including phenoxy) is 1. The molecule has 1 saturated heterocycles. The molecule has 0 spiro atoms. The highest BCUT2D eigenvalue weighted by Gasteiger charge is 2.27. The molecule has 2 rings (SSSR count). The summed E-state index contributed by atoms with van der Waals surface area (Å²) in [6.07, 6.45) is 1.99. The number of hydrogen-bond donors (Lipinski definition) is 0. The highest BCUT2D eigenvalue weighted by Crippen LogP contribution is 2.27. The van der Waals surface area contributed by atoms with Gasteiger partial charge in [0, 0.05) is 18.8 Å². The Balaban J connectivity index is 2.18. The van der Waals surface area contributed by atoms with Crippen LogP contribution in [0.5, 0.6) is 0 Å². The van der Waals surface area contributed by atoms with Gasteiger partial charge in [0.15, 0.2) is 0 Å². The number of carbonyl (C=O) groups is 1. The zero-order valence-corrected chi connectivity index (χ0v) is 11.4. The van der Waals surface area contributed by atoms with Gasteiger partial charge in [0.1, 0.15) is 0 Å². The molecule has 1 unspecified atom stereocenters. The van der Waals surface area contributed by atoms with Crippen LogP contribution in [0.4, 0.5) is 5.69 Å². The van der Waals surface area contributed by atoms with Crippen LogP contribution < -0.4 is 4.90 Å². The lowest BCUT2D eigenvalue weighted by molar-refractivity contribution is -0.145. The molecule has 3 heteroatoms. The minimum Gasteiger partial charge on any atom is -0.469 e. The molecule has 1 aliphatic rings. The largest absolute Gasteiger partial charge is 0.469 e. The SMILES string of the molecule is COC(=O)C1CCCN(c2cc(C)ccc2C)C1. The van der Waals surface area contributed by atoms with E-state index < -0.39 is 0 Å². The lowest BCUT2D eigenvalue weighted by Gasteiger charge is -2.34. The Morgan fingerprint density at radius 2 is 2.17 bits per heavy atom. The number of aryl methyl sites for hydroxylation is 2. The van der Waals surface area contributed by atoms with E-state index >= 15 is 0 Å². The summed E-state index contributed by atoms with van der Waals surface area (Å²) in [6.45, 7) is 6.02. The summed E-state index contributed by atoms with van der Waals surface area (Å²) in [7, 11) is 1.47. The van der Waals surface area contributed by atoms with Crippen LogP contribution >= 0.6 is 0 Å². The molecule has 0 aliphatic carbocycles. The summed E-state index contributed by atoms with van der Waals surface area (Å²) in [6, 6.07) is 6.47. The number of esters is 1. The number of rotatable bonds is 2. The number of carbonyl (C=O) groups excluding carboxylic acids is 1. The molecule has 0 bridgehead atoms. The first-order valence-electron chi connectivity index (χ1n) is 6.52. The minimum atomic E-state index is -0.0787. The molecule has 1 fully saturated rings. The summed E-state index contributed by atoms with van der Waals surface area (Å²) >= 11 is 0. The van der Waals surface area contributed by atoms with Crippen molar-refractivity contribution in [1.82, 2.24) is 0 Å². The number of hydrogen-bond acceptors (Lipinski definition) is 3. The van der Waals surface area contributed by atoms with Gasteiger partial charge < -0.3 is 9.64 Å². The highest BCUT2D eigenvalue weighted by molar-refractivity contribution is 5.73. The van der Waals surface area contributed by atoms with E-state index in [0.29, 0.717) is 0 Å². The van der Waals surface area contributed by atoms with E-state index in [0.717, 1.165) is 25.9 Å². The molecule has 1 aliphatic heterocycles. The fourth-order valence-corrected chi connectivity index (χ4v) is 2.62. The molecule has 0 saturated carbocycles. The molecule has 1 aromatic rings. The third-order valence-corrected chi connectivity index (χ3v) is 3.66. The summed E-state index contributed by atoms with van der Waals surface area (Å²) in [5.41, 5.74) is 3.78. The quantitative estimate of drug-likeness (QED) is 0.753. The second-order valence-corrected chi connectivity index (χ2v) is 5.10. The lowest BCUT2D eigenvalue weighted by Crippen LogP contribution is -2.39. The fraction of sp³-hybridized carbons (Fsp3) is 0.533. The summed E-state index contributed by atoms with van der Waals surface area (Å²) in [5, 5.41) is 0. The number of benzene rings is 1. The first-order valence-corrected chi connectivity index (χ1v) is 6.52. The maximum Gasteiger partial charge on any atom is 0.310 e. The van der Waals surface area contributed by atoms with Crippen LogP contribution in [0.2, 0.25) is 0 Å². The van der Waals surface area contributed by atoms with E-state index in [1.165, 1.54) is 23.9 Å². The number of piperidine rings is 1. The van der Waals surface area contributed by atoms with Crippen molar-refractivity contribution in [3.05, 3.63) is 29.3 Å². The Morgan fingerprint density at radius 3 is 2.89 bits per heavy atom. The van der Waals surface area contributed by atoms with E-state index in [4.69, 9.17) is 4.74 Å². The molecular weight excluding hydrogens is 226 g/mol. The normalized spacial score (nSPS) is 19.7. The van der Waals surface area contributed by atoms with Gasteiger partial charge in [-0.15, -0.1) is 0 Å². The molecule has 3 nitrogen and oxygen atoms in total. The second-order valence-electron chi connectivity index (χ2n) is 5.10. The van der Waals surface area contributed by atoms with Crippen molar-refractivity contribution in [3.8, 4) is 0 Å². The summed E-state index contributed by atoms with van der Waals surface area (Å²) < 4.78 is 4.86. The summed E-state index contributed by atoms with van der Waals surface area (Å²) in [4.78, 5) is 14.0. The molecular formula is C15H21NO2. The van der Waals surface area contributed by atoms with Gasteiger partial charge in [-0.05, 0) is 43.9 Å². The van der Waals surface area contributed by atoms with Crippen molar-refractivity contribution < 1.29 is 9.53 Å². The van der Waals surface area contributed by atoms with Crippen LogP contribution in [0, 0.1) is 19.8 Å². The van der Waals surface area contributed by atoms with Gasteiger partial charge >= 0.3 is 5.97 Å². The van der Waals surface area contributed by atoms with Gasteiger partial charge in [0.25, 0.3) is 0 Å². The fourth-order valence-electron chi connectivity index (χ4n) is 2.62. The average Bonchev–Trinajstić information content (AvgIpc) is 2.40. The van der Waals surface area contributed by atoms with Crippen molar-refractivity contribution >= 4 is 11.7 Å². The van der Waals surface area contributed by atoms with Crippen LogP contribution in [0.25, 0.3) is 0 Å². The van der Waals surface area contributed by atoms with Gasteiger partial charge in [0.2, 0.25) is 0 Å². The monoisotopic (exact) mass is 247 g/mol. The Bertz CT molecular complexity index is 442. The molecule has 0 radical (unpaired) electrons. The first kappa shape index (κ1) is 12.9. The Kier molecular flexibility index (Phi) is 3.90. The van der Waals surface area contributed by atoms with Gasteiger partial charge in [-0.2, -0.15) is 0 Å². The van der Waals surface area contributed by atoms with E-state index in [1.807, 2.05) is 0 Å². The standard InChI is InChI=1S/C15H21NO2/c1-11-6-7-12(2)14(9-11)16-8-4-5-13(10-16)15(17)18-3/h6-7,9,13H,4-5,8,10H2,1-3H3. The van der Waals surface area contributed by atoms with Crippen molar-refractivity contribution in [2.24, 2.45) is 5.92 Å². The summed E-state index contributed by atoms with van der Waals surface area (Å²) in [5.74, 6) is -0.0614. The molecule has 0 N–H and O–H groups in total. The van der Waals surface area contributed by atoms with E-state index in [-0.39, 0.29) is 11.9 Å². The van der Waals surface area contributed by atoms with Crippen LogP contribution in [0.3, 0.4) is 0 Å². The van der Waals surface area contributed by atoms with Crippen LogP contribution in [-0.2, 0) is 9.53 Å². The Labute approximate surface area is 109 Å². The number of nitrogens with zero attached hydrogens (tertiary/aromatic N) is 1. The van der Waals surface area contributed by atoms with Gasteiger partial charge in [-0.1, -0.05) is 12.1 Å². The molecule has 1 aromatic carbocycles. The van der Waals surface area contributed by atoms with Gasteiger partial charge in [0.05, 0.1) is 13.0 Å². The molecule has 0 aromatic heterocycles. The molecule has 1 atom stereocenters. The van der Waals surface area contributed by atoms with Crippen LogP contribution in [0.1, 0.15) is 24.0 Å². The molecule has 1 heterocycles. The molecule has 0 amide bonds. The van der Waals surface area contributed by atoms with Crippen molar-refractivity contribution in [2.45, 2.75) is 26.7 Å². The Morgan fingerprint density at radius 1 is 1.39 bits per heavy atom.